The van der Waals surface area contributed by atoms with Gasteiger partial charge in [-0.1, -0.05) is 38.1 Å². The van der Waals surface area contributed by atoms with E-state index in [0.717, 1.165) is 4.90 Å². The Balaban J connectivity index is 1.43. The van der Waals surface area contributed by atoms with Gasteiger partial charge >= 0.3 is 0 Å². The molecular formula is C22H29N3O3S. The van der Waals surface area contributed by atoms with Crippen molar-refractivity contribution >= 4 is 29.4 Å². The predicted molar refractivity (Wildman–Crippen MR) is 115 cm³/mol. The van der Waals surface area contributed by atoms with Gasteiger partial charge in [0.25, 0.3) is 0 Å². The number of carbonyl (C=O) groups is 2. The minimum absolute atomic E-state index is 0.0567. The Bertz CT molecular complexity index is 847. The number of carbonyl (C=O) groups excluding carboxylic acids is 2. The number of nitrogens with zero attached hydrogens (tertiary/aromatic N) is 2. The normalized spacial score (nSPS) is 15.4. The molecule has 1 aromatic carbocycles. The van der Waals surface area contributed by atoms with Crippen LogP contribution in [-0.4, -0.2) is 40.7 Å². The summed E-state index contributed by atoms with van der Waals surface area (Å²) in [5.41, 5.74) is 1.41. The van der Waals surface area contributed by atoms with Crippen LogP contribution in [0.4, 0.5) is 5.82 Å². The first kappa shape index (κ1) is 21.4. The highest BCUT2D eigenvalue weighted by Gasteiger charge is 2.27. The quantitative estimate of drug-likeness (QED) is 0.739. The molecule has 6 nitrogen and oxygen atoms in total. The zero-order chi connectivity index (χ0) is 21.0. The molecule has 0 aliphatic carbocycles. The van der Waals surface area contributed by atoms with Crippen molar-refractivity contribution in [2.75, 3.05) is 24.2 Å². The lowest BCUT2D eigenvalue weighted by molar-refractivity contribution is -0.132. The Morgan fingerprint density at radius 1 is 1.21 bits per heavy atom. The molecular weight excluding hydrogens is 386 g/mol. The molecule has 1 aliphatic rings. The first-order valence-electron chi connectivity index (χ1n) is 9.97. The van der Waals surface area contributed by atoms with Crippen molar-refractivity contribution in [1.29, 1.82) is 0 Å². The second-order valence-electron chi connectivity index (χ2n) is 8.53. The Hall–Kier alpha value is -2.28. The van der Waals surface area contributed by atoms with Crippen LogP contribution in [0, 0.1) is 12.8 Å². The fraction of sp³-hybridized carbons (Fsp3) is 0.500. The highest BCUT2D eigenvalue weighted by molar-refractivity contribution is 8.00. The van der Waals surface area contributed by atoms with Crippen molar-refractivity contribution < 1.29 is 14.1 Å². The van der Waals surface area contributed by atoms with E-state index in [2.05, 4.69) is 55.5 Å². The Labute approximate surface area is 176 Å². The summed E-state index contributed by atoms with van der Waals surface area (Å²) in [7, 11) is 0. The van der Waals surface area contributed by atoms with Crippen LogP contribution >= 0.6 is 11.8 Å². The maximum atomic E-state index is 12.6. The summed E-state index contributed by atoms with van der Waals surface area (Å²) in [4.78, 5) is 27.9. The van der Waals surface area contributed by atoms with E-state index in [0.29, 0.717) is 43.3 Å². The van der Waals surface area contributed by atoms with Crippen molar-refractivity contribution in [3.8, 4) is 0 Å². The van der Waals surface area contributed by atoms with Crippen LogP contribution in [0.2, 0.25) is 0 Å². The number of rotatable bonds is 5. The third-order valence-electron chi connectivity index (χ3n) is 5.18. The number of piperidine rings is 1. The van der Waals surface area contributed by atoms with Gasteiger partial charge in [0, 0.05) is 30.0 Å². The average molecular weight is 416 g/mol. The van der Waals surface area contributed by atoms with Gasteiger partial charge in [0.15, 0.2) is 5.82 Å². The summed E-state index contributed by atoms with van der Waals surface area (Å²) in [6.45, 7) is 9.57. The molecule has 1 saturated heterocycles. The van der Waals surface area contributed by atoms with Crippen molar-refractivity contribution in [3.05, 3.63) is 41.7 Å². The number of anilines is 1. The van der Waals surface area contributed by atoms with E-state index in [4.69, 9.17) is 4.52 Å². The molecule has 0 saturated carbocycles. The number of hydrogen-bond donors (Lipinski definition) is 1. The van der Waals surface area contributed by atoms with Crippen LogP contribution in [-0.2, 0) is 15.0 Å². The molecule has 1 N–H and O–H groups in total. The first-order valence-corrected chi connectivity index (χ1v) is 11.0. The van der Waals surface area contributed by atoms with Crippen LogP contribution in [0.5, 0.6) is 0 Å². The summed E-state index contributed by atoms with van der Waals surface area (Å²) in [6, 6.07) is 10.1. The lowest BCUT2D eigenvalue weighted by Gasteiger charge is -2.31. The molecule has 29 heavy (non-hydrogen) atoms. The minimum Gasteiger partial charge on any atom is -0.360 e. The third kappa shape index (κ3) is 5.85. The molecule has 156 valence electrons. The molecule has 0 bridgehead atoms. The lowest BCUT2D eigenvalue weighted by Crippen LogP contribution is -2.42. The van der Waals surface area contributed by atoms with Crippen LogP contribution in [0.3, 0.4) is 0 Å². The molecule has 0 unspecified atom stereocenters. The standard InChI is InChI=1S/C22H29N3O3S/c1-15-13-19(24-28-15)23-21(27)16-9-11-25(12-10-16)20(26)14-29-18-7-5-17(6-8-18)22(2,3)4/h5-8,13,16H,9-12,14H2,1-4H3,(H,23,24,27). The molecule has 0 radical (unpaired) electrons. The maximum Gasteiger partial charge on any atom is 0.232 e. The monoisotopic (exact) mass is 415 g/mol. The fourth-order valence-electron chi connectivity index (χ4n) is 3.33. The maximum absolute atomic E-state index is 12.6. The first-order chi connectivity index (χ1) is 13.7. The van der Waals surface area contributed by atoms with Crippen molar-refractivity contribution in [1.82, 2.24) is 10.1 Å². The molecule has 1 aliphatic heterocycles. The molecule has 2 amide bonds. The Morgan fingerprint density at radius 3 is 2.41 bits per heavy atom. The van der Waals surface area contributed by atoms with Gasteiger partial charge in [-0.15, -0.1) is 11.8 Å². The number of amides is 2. The van der Waals surface area contributed by atoms with E-state index in [1.807, 2.05) is 4.90 Å². The van der Waals surface area contributed by atoms with Crippen molar-refractivity contribution in [2.45, 2.75) is 50.8 Å². The van der Waals surface area contributed by atoms with E-state index in [1.54, 1.807) is 24.8 Å². The highest BCUT2D eigenvalue weighted by Crippen LogP contribution is 2.26. The number of likely N-dealkylation sites (tertiary alicyclic amines) is 1. The number of aromatic nitrogens is 1. The van der Waals surface area contributed by atoms with E-state index < -0.39 is 0 Å². The molecule has 7 heteroatoms. The number of aryl methyl sites for hydroxylation is 1. The summed E-state index contributed by atoms with van der Waals surface area (Å²) in [6.07, 6.45) is 1.33. The van der Waals surface area contributed by atoms with Gasteiger partial charge in [0.2, 0.25) is 11.8 Å². The van der Waals surface area contributed by atoms with Gasteiger partial charge in [-0.05, 0) is 42.9 Å². The van der Waals surface area contributed by atoms with Crippen LogP contribution in [0.1, 0.15) is 44.9 Å². The van der Waals surface area contributed by atoms with E-state index >= 15 is 0 Å². The summed E-state index contributed by atoms with van der Waals surface area (Å²) in [5.74, 6) is 1.49. The van der Waals surface area contributed by atoms with Gasteiger partial charge in [0.1, 0.15) is 5.76 Å². The zero-order valence-electron chi connectivity index (χ0n) is 17.5. The van der Waals surface area contributed by atoms with E-state index in [1.165, 1.54) is 5.56 Å². The zero-order valence-corrected chi connectivity index (χ0v) is 18.3. The number of hydrogen-bond acceptors (Lipinski definition) is 5. The molecule has 0 atom stereocenters. The smallest absolute Gasteiger partial charge is 0.232 e. The van der Waals surface area contributed by atoms with Crippen molar-refractivity contribution in [2.24, 2.45) is 5.92 Å². The lowest BCUT2D eigenvalue weighted by atomic mass is 9.87. The van der Waals surface area contributed by atoms with Gasteiger partial charge < -0.3 is 14.7 Å². The van der Waals surface area contributed by atoms with Gasteiger partial charge in [0.05, 0.1) is 5.75 Å². The van der Waals surface area contributed by atoms with Gasteiger partial charge in [-0.2, -0.15) is 0 Å². The van der Waals surface area contributed by atoms with E-state index in [-0.39, 0.29) is 23.1 Å². The third-order valence-corrected chi connectivity index (χ3v) is 6.18. The predicted octanol–water partition coefficient (Wildman–Crippen LogP) is 4.25. The molecule has 1 fully saturated rings. The van der Waals surface area contributed by atoms with Gasteiger partial charge in [-0.25, -0.2) is 0 Å². The Morgan fingerprint density at radius 2 is 1.86 bits per heavy atom. The molecule has 0 spiro atoms. The second kappa shape index (κ2) is 9.03. The molecule has 1 aromatic heterocycles. The van der Waals surface area contributed by atoms with Crippen LogP contribution in [0.15, 0.2) is 39.8 Å². The summed E-state index contributed by atoms with van der Waals surface area (Å²) < 4.78 is 4.97. The fourth-order valence-corrected chi connectivity index (χ4v) is 4.13. The topological polar surface area (TPSA) is 75.4 Å². The summed E-state index contributed by atoms with van der Waals surface area (Å²) in [5, 5.41) is 6.58. The second-order valence-corrected chi connectivity index (χ2v) is 9.58. The SMILES string of the molecule is Cc1cc(NC(=O)C2CCN(C(=O)CSc3ccc(C(C)(C)C)cc3)CC2)no1. The molecule has 2 aromatic rings. The van der Waals surface area contributed by atoms with Crippen molar-refractivity contribution in [3.63, 3.8) is 0 Å². The van der Waals surface area contributed by atoms with Crippen LogP contribution < -0.4 is 5.32 Å². The van der Waals surface area contributed by atoms with E-state index in [9.17, 15) is 9.59 Å². The molecule has 3 rings (SSSR count). The average Bonchev–Trinajstić information content (AvgIpc) is 3.10. The van der Waals surface area contributed by atoms with Crippen LogP contribution in [0.25, 0.3) is 0 Å². The summed E-state index contributed by atoms with van der Waals surface area (Å²) >= 11 is 1.56. The largest absolute Gasteiger partial charge is 0.360 e. The Kier molecular flexibility index (Phi) is 6.67. The molecule has 2 heterocycles. The minimum atomic E-state index is -0.103. The number of benzene rings is 1. The number of thioether (sulfide) groups is 1. The number of nitrogens with one attached hydrogen (secondary N) is 1. The highest BCUT2D eigenvalue weighted by atomic mass is 32.2. The van der Waals surface area contributed by atoms with Gasteiger partial charge in [-0.3, -0.25) is 9.59 Å².